The van der Waals surface area contributed by atoms with Crippen LogP contribution in [0, 0.1) is 0 Å². The van der Waals surface area contributed by atoms with Gasteiger partial charge in [-0.05, 0) is 29.7 Å². The van der Waals surface area contributed by atoms with Crippen LogP contribution in [0.3, 0.4) is 0 Å². The smallest absolute Gasteiger partial charge is 0.254 e. The number of amides is 1. The van der Waals surface area contributed by atoms with Crippen molar-refractivity contribution in [2.75, 3.05) is 6.61 Å². The van der Waals surface area contributed by atoms with E-state index in [0.29, 0.717) is 18.3 Å². The van der Waals surface area contributed by atoms with Crippen LogP contribution in [0.15, 0.2) is 53.3 Å². The zero-order valence-electron chi connectivity index (χ0n) is 13.4. The monoisotopic (exact) mass is 336 g/mol. The first-order valence-corrected chi connectivity index (χ1v) is 8.01. The number of nitrogens with zero attached hydrogens (tertiary/aromatic N) is 3. The zero-order chi connectivity index (χ0) is 17.1. The van der Waals surface area contributed by atoms with Gasteiger partial charge in [0, 0.05) is 18.0 Å². The van der Waals surface area contributed by atoms with E-state index in [9.17, 15) is 4.79 Å². The Morgan fingerprint density at radius 3 is 2.92 bits per heavy atom. The number of aromatic nitrogens is 3. The SMILES string of the molecule is O=C(NCc1nc(-c2ccncc2)no1)[C@@H]1OCCc2ccccc21. The van der Waals surface area contributed by atoms with Gasteiger partial charge in [-0.25, -0.2) is 0 Å². The summed E-state index contributed by atoms with van der Waals surface area (Å²) in [6.45, 7) is 0.681. The molecular formula is C18H16N4O3. The van der Waals surface area contributed by atoms with Crippen molar-refractivity contribution in [2.24, 2.45) is 0 Å². The Morgan fingerprint density at radius 1 is 1.20 bits per heavy atom. The minimum atomic E-state index is -0.604. The van der Waals surface area contributed by atoms with Gasteiger partial charge >= 0.3 is 0 Å². The van der Waals surface area contributed by atoms with Crippen LogP contribution in [0.5, 0.6) is 0 Å². The molecule has 0 radical (unpaired) electrons. The highest BCUT2D eigenvalue weighted by atomic mass is 16.5. The molecule has 0 unspecified atom stereocenters. The first kappa shape index (κ1) is 15.5. The van der Waals surface area contributed by atoms with Crippen molar-refractivity contribution in [2.45, 2.75) is 19.1 Å². The van der Waals surface area contributed by atoms with Gasteiger partial charge in [0.25, 0.3) is 5.91 Å². The summed E-state index contributed by atoms with van der Waals surface area (Å²) in [5.74, 6) is 0.589. The Balaban J connectivity index is 1.42. The van der Waals surface area contributed by atoms with Crippen molar-refractivity contribution >= 4 is 5.91 Å². The van der Waals surface area contributed by atoms with Crippen LogP contribution in [0.2, 0.25) is 0 Å². The van der Waals surface area contributed by atoms with Gasteiger partial charge in [0.2, 0.25) is 11.7 Å². The Kier molecular flexibility index (Phi) is 4.22. The van der Waals surface area contributed by atoms with Crippen LogP contribution in [0.1, 0.15) is 23.1 Å². The molecule has 3 heterocycles. The van der Waals surface area contributed by atoms with Gasteiger partial charge in [-0.15, -0.1) is 0 Å². The lowest BCUT2D eigenvalue weighted by Gasteiger charge is -2.24. The van der Waals surface area contributed by atoms with E-state index in [2.05, 4.69) is 20.4 Å². The number of carbonyl (C=O) groups is 1. The molecule has 1 aromatic carbocycles. The maximum atomic E-state index is 12.5. The van der Waals surface area contributed by atoms with E-state index in [1.165, 1.54) is 0 Å². The van der Waals surface area contributed by atoms with E-state index in [4.69, 9.17) is 9.26 Å². The largest absolute Gasteiger partial charge is 0.363 e. The summed E-state index contributed by atoms with van der Waals surface area (Å²) >= 11 is 0. The zero-order valence-corrected chi connectivity index (χ0v) is 13.4. The highest BCUT2D eigenvalue weighted by Gasteiger charge is 2.27. The molecule has 0 aliphatic carbocycles. The van der Waals surface area contributed by atoms with Gasteiger partial charge in [0.15, 0.2) is 6.10 Å². The number of carbonyl (C=O) groups excluding carboxylic acids is 1. The minimum Gasteiger partial charge on any atom is -0.363 e. The Hall–Kier alpha value is -3.06. The van der Waals surface area contributed by atoms with Crippen LogP contribution in [0.25, 0.3) is 11.4 Å². The number of hydrogen-bond acceptors (Lipinski definition) is 6. The topological polar surface area (TPSA) is 90.1 Å². The van der Waals surface area contributed by atoms with E-state index < -0.39 is 6.10 Å². The Labute approximate surface area is 144 Å². The van der Waals surface area contributed by atoms with Gasteiger partial charge < -0.3 is 14.6 Å². The molecule has 1 aliphatic heterocycles. The third-order valence-electron chi connectivity index (χ3n) is 4.05. The second-order valence-electron chi connectivity index (χ2n) is 5.67. The normalized spacial score (nSPS) is 16.2. The van der Waals surface area contributed by atoms with Crippen LogP contribution in [-0.4, -0.2) is 27.6 Å². The van der Waals surface area contributed by atoms with Crippen LogP contribution in [0.4, 0.5) is 0 Å². The predicted molar refractivity (Wildman–Crippen MR) is 88.2 cm³/mol. The third kappa shape index (κ3) is 3.27. The van der Waals surface area contributed by atoms with Crippen LogP contribution >= 0.6 is 0 Å². The summed E-state index contributed by atoms with van der Waals surface area (Å²) in [5, 5.41) is 6.72. The van der Waals surface area contributed by atoms with Crippen molar-refractivity contribution in [3.8, 4) is 11.4 Å². The van der Waals surface area contributed by atoms with Gasteiger partial charge in [-0.1, -0.05) is 29.4 Å². The van der Waals surface area contributed by atoms with E-state index >= 15 is 0 Å². The van der Waals surface area contributed by atoms with Gasteiger partial charge in [-0.3, -0.25) is 9.78 Å². The fourth-order valence-electron chi connectivity index (χ4n) is 2.81. The quantitative estimate of drug-likeness (QED) is 0.784. The number of rotatable bonds is 4. The lowest BCUT2D eigenvalue weighted by atomic mass is 9.97. The maximum Gasteiger partial charge on any atom is 0.254 e. The third-order valence-corrected chi connectivity index (χ3v) is 4.05. The molecule has 7 heteroatoms. The molecule has 1 aliphatic rings. The van der Waals surface area contributed by atoms with E-state index in [0.717, 1.165) is 23.1 Å². The molecule has 1 atom stereocenters. The summed E-state index contributed by atoms with van der Waals surface area (Å²) in [6, 6.07) is 11.4. The molecule has 0 saturated heterocycles. The van der Waals surface area contributed by atoms with Gasteiger partial charge in [0.05, 0.1) is 13.2 Å². The molecule has 3 aromatic rings. The van der Waals surface area contributed by atoms with E-state index in [1.54, 1.807) is 24.5 Å². The van der Waals surface area contributed by atoms with Crippen molar-refractivity contribution in [3.05, 3.63) is 65.8 Å². The standard InChI is InChI=1S/C18H16N4O3/c23-18(16-14-4-2-1-3-12(14)7-10-24-16)20-11-15-21-17(22-25-15)13-5-8-19-9-6-13/h1-6,8-9,16H,7,10-11H2,(H,20,23)/t16-/m1/s1. The van der Waals surface area contributed by atoms with Crippen molar-refractivity contribution in [1.82, 2.24) is 20.4 Å². The second kappa shape index (κ2) is 6.82. The lowest BCUT2D eigenvalue weighted by Crippen LogP contribution is -2.33. The molecule has 0 spiro atoms. The first-order chi connectivity index (χ1) is 12.3. The van der Waals surface area contributed by atoms with Crippen molar-refractivity contribution in [1.29, 1.82) is 0 Å². The highest BCUT2D eigenvalue weighted by Crippen LogP contribution is 2.27. The second-order valence-corrected chi connectivity index (χ2v) is 5.67. The molecule has 4 rings (SSSR count). The molecule has 25 heavy (non-hydrogen) atoms. The number of ether oxygens (including phenoxy) is 1. The van der Waals surface area contributed by atoms with Crippen LogP contribution in [-0.2, 0) is 22.5 Å². The number of nitrogens with one attached hydrogen (secondary N) is 1. The molecular weight excluding hydrogens is 320 g/mol. The van der Waals surface area contributed by atoms with Crippen molar-refractivity contribution in [3.63, 3.8) is 0 Å². The minimum absolute atomic E-state index is 0.152. The fraction of sp³-hybridized carbons (Fsp3) is 0.222. The number of hydrogen-bond donors (Lipinski definition) is 1. The van der Waals surface area contributed by atoms with Gasteiger partial charge in [0.1, 0.15) is 0 Å². The van der Waals surface area contributed by atoms with Crippen LogP contribution < -0.4 is 5.32 Å². The molecule has 0 fully saturated rings. The number of pyridine rings is 1. The molecule has 0 bridgehead atoms. The highest BCUT2D eigenvalue weighted by molar-refractivity contribution is 5.82. The molecule has 2 aromatic heterocycles. The molecule has 1 amide bonds. The Bertz CT molecular complexity index is 879. The summed E-state index contributed by atoms with van der Waals surface area (Å²) < 4.78 is 10.8. The summed E-state index contributed by atoms with van der Waals surface area (Å²) in [4.78, 5) is 20.7. The average Bonchev–Trinajstić information content (AvgIpc) is 3.15. The van der Waals surface area contributed by atoms with E-state index in [-0.39, 0.29) is 12.5 Å². The predicted octanol–water partition coefficient (Wildman–Crippen LogP) is 2.06. The fourth-order valence-corrected chi connectivity index (χ4v) is 2.81. The summed E-state index contributed by atoms with van der Waals surface area (Å²) in [5.41, 5.74) is 2.86. The number of benzene rings is 1. The number of fused-ring (bicyclic) bond motifs is 1. The summed E-state index contributed by atoms with van der Waals surface area (Å²) in [6.07, 6.45) is 3.53. The molecule has 1 N–H and O–H groups in total. The van der Waals surface area contributed by atoms with Crippen molar-refractivity contribution < 1.29 is 14.1 Å². The maximum absolute atomic E-state index is 12.5. The average molecular weight is 336 g/mol. The lowest BCUT2D eigenvalue weighted by molar-refractivity contribution is -0.134. The van der Waals surface area contributed by atoms with E-state index in [1.807, 2.05) is 24.3 Å². The van der Waals surface area contributed by atoms with Gasteiger partial charge in [-0.2, -0.15) is 4.98 Å². The first-order valence-electron chi connectivity index (χ1n) is 8.01. The molecule has 0 saturated carbocycles. The Morgan fingerprint density at radius 2 is 2.04 bits per heavy atom. The molecule has 7 nitrogen and oxygen atoms in total. The molecule has 126 valence electrons. The summed E-state index contributed by atoms with van der Waals surface area (Å²) in [7, 11) is 0.